The van der Waals surface area contributed by atoms with E-state index in [1.165, 1.54) is 0 Å². The van der Waals surface area contributed by atoms with Gasteiger partial charge in [0, 0.05) is 17.9 Å². The van der Waals surface area contributed by atoms with Gasteiger partial charge in [-0.05, 0) is 35.5 Å². The number of nitrogens with zero attached hydrogens (tertiary/aromatic N) is 2. The van der Waals surface area contributed by atoms with Crippen molar-refractivity contribution >= 4 is 33.5 Å². The van der Waals surface area contributed by atoms with Crippen molar-refractivity contribution in [2.45, 2.75) is 25.5 Å². The molecule has 5 heteroatoms. The summed E-state index contributed by atoms with van der Waals surface area (Å²) >= 11 is 5.24. The highest BCUT2D eigenvalue weighted by molar-refractivity contribution is 9.10. The molecule has 1 N–H and O–H groups in total. The lowest BCUT2D eigenvalue weighted by atomic mass is 10.3. The van der Waals surface area contributed by atoms with Crippen LogP contribution in [0.1, 0.15) is 19.2 Å². The minimum atomic E-state index is 0.684. The Morgan fingerprint density at radius 2 is 2.27 bits per heavy atom. The SMILES string of the molecule is CSC(C)CCNc1cc(Br)nc(C)n1. The predicted molar refractivity (Wildman–Crippen MR) is 70.6 cm³/mol. The molecular formula is C10H16BrN3S. The molecule has 0 saturated heterocycles. The first-order valence-electron chi connectivity index (χ1n) is 4.89. The van der Waals surface area contributed by atoms with E-state index < -0.39 is 0 Å². The molecule has 3 nitrogen and oxygen atoms in total. The van der Waals surface area contributed by atoms with Gasteiger partial charge in [-0.2, -0.15) is 11.8 Å². The van der Waals surface area contributed by atoms with Crippen LogP contribution >= 0.6 is 27.7 Å². The third-order valence-corrected chi connectivity index (χ3v) is 3.51. The van der Waals surface area contributed by atoms with E-state index in [2.05, 4.69) is 44.4 Å². The molecule has 1 aromatic heterocycles. The van der Waals surface area contributed by atoms with Crippen LogP contribution in [0.2, 0.25) is 0 Å². The maximum atomic E-state index is 4.30. The van der Waals surface area contributed by atoms with Crippen molar-refractivity contribution in [2.75, 3.05) is 18.1 Å². The Morgan fingerprint density at radius 1 is 1.53 bits per heavy atom. The fourth-order valence-electron chi connectivity index (χ4n) is 1.14. The topological polar surface area (TPSA) is 37.8 Å². The Labute approximate surface area is 104 Å². The third kappa shape index (κ3) is 4.84. The number of hydrogen-bond donors (Lipinski definition) is 1. The minimum absolute atomic E-state index is 0.684. The molecule has 1 aromatic rings. The zero-order valence-corrected chi connectivity index (χ0v) is 11.7. The Hall–Kier alpha value is -0.290. The second-order valence-electron chi connectivity index (χ2n) is 3.38. The highest BCUT2D eigenvalue weighted by Gasteiger charge is 2.01. The largest absolute Gasteiger partial charge is 0.370 e. The van der Waals surface area contributed by atoms with Crippen LogP contribution < -0.4 is 5.32 Å². The van der Waals surface area contributed by atoms with E-state index in [1.54, 1.807) is 0 Å². The molecular weight excluding hydrogens is 274 g/mol. The van der Waals surface area contributed by atoms with Crippen LogP contribution in [0, 0.1) is 6.92 Å². The third-order valence-electron chi connectivity index (χ3n) is 2.07. The molecule has 0 aliphatic rings. The molecule has 1 heterocycles. The standard InChI is InChI=1S/C10H16BrN3S/c1-7(15-3)4-5-12-10-6-9(11)13-8(2)14-10/h6-7H,4-5H2,1-3H3,(H,12,13,14). The summed E-state index contributed by atoms with van der Waals surface area (Å²) in [5, 5.41) is 3.98. The monoisotopic (exact) mass is 289 g/mol. The van der Waals surface area contributed by atoms with Gasteiger partial charge in [-0.25, -0.2) is 9.97 Å². The molecule has 0 fully saturated rings. The zero-order chi connectivity index (χ0) is 11.3. The number of rotatable bonds is 5. The maximum absolute atomic E-state index is 4.30. The summed E-state index contributed by atoms with van der Waals surface area (Å²) in [6, 6.07) is 1.90. The highest BCUT2D eigenvalue weighted by atomic mass is 79.9. The summed E-state index contributed by atoms with van der Waals surface area (Å²) in [6.07, 6.45) is 3.28. The quantitative estimate of drug-likeness (QED) is 0.846. The first-order valence-corrected chi connectivity index (χ1v) is 6.97. The van der Waals surface area contributed by atoms with E-state index >= 15 is 0 Å². The maximum Gasteiger partial charge on any atom is 0.130 e. The number of aryl methyl sites for hydroxylation is 1. The van der Waals surface area contributed by atoms with Crippen molar-refractivity contribution in [1.29, 1.82) is 0 Å². The van der Waals surface area contributed by atoms with Gasteiger partial charge < -0.3 is 5.32 Å². The summed E-state index contributed by atoms with van der Waals surface area (Å²) in [7, 11) is 0. The van der Waals surface area contributed by atoms with Gasteiger partial charge in [0.25, 0.3) is 0 Å². The fourth-order valence-corrected chi connectivity index (χ4v) is 1.97. The van der Waals surface area contributed by atoms with Gasteiger partial charge in [0.1, 0.15) is 16.2 Å². The number of nitrogens with one attached hydrogen (secondary N) is 1. The minimum Gasteiger partial charge on any atom is -0.370 e. The van der Waals surface area contributed by atoms with E-state index in [9.17, 15) is 0 Å². The van der Waals surface area contributed by atoms with Gasteiger partial charge in [0.2, 0.25) is 0 Å². The van der Waals surface area contributed by atoms with Crippen LogP contribution in [0.5, 0.6) is 0 Å². The van der Waals surface area contributed by atoms with Crippen LogP contribution in [-0.2, 0) is 0 Å². The Kier molecular flexibility index (Phi) is 5.39. The summed E-state index contributed by atoms with van der Waals surface area (Å²) in [5.41, 5.74) is 0. The number of aromatic nitrogens is 2. The average molecular weight is 290 g/mol. The second-order valence-corrected chi connectivity index (χ2v) is 5.47. The lowest BCUT2D eigenvalue weighted by Gasteiger charge is -2.09. The summed E-state index contributed by atoms with van der Waals surface area (Å²) in [4.78, 5) is 8.45. The first kappa shape index (κ1) is 12.8. The van der Waals surface area contributed by atoms with Crippen molar-refractivity contribution in [1.82, 2.24) is 9.97 Å². The molecule has 1 unspecified atom stereocenters. The molecule has 0 radical (unpaired) electrons. The van der Waals surface area contributed by atoms with Crippen LogP contribution in [0.4, 0.5) is 5.82 Å². The highest BCUT2D eigenvalue weighted by Crippen LogP contribution is 2.13. The molecule has 0 bridgehead atoms. The molecule has 0 amide bonds. The van der Waals surface area contributed by atoms with Crippen molar-refractivity contribution in [3.63, 3.8) is 0 Å². The predicted octanol–water partition coefficient (Wildman–Crippen LogP) is 3.10. The van der Waals surface area contributed by atoms with E-state index in [4.69, 9.17) is 0 Å². The van der Waals surface area contributed by atoms with Gasteiger partial charge in [0.05, 0.1) is 0 Å². The molecule has 0 aromatic carbocycles. The molecule has 1 rings (SSSR count). The number of halogens is 1. The molecule has 15 heavy (non-hydrogen) atoms. The molecule has 0 aliphatic carbocycles. The average Bonchev–Trinajstić information content (AvgIpc) is 2.16. The van der Waals surface area contributed by atoms with Crippen LogP contribution in [-0.4, -0.2) is 28.0 Å². The first-order chi connectivity index (χ1) is 7.11. The van der Waals surface area contributed by atoms with Gasteiger partial charge in [-0.15, -0.1) is 0 Å². The molecule has 0 saturated carbocycles. The second kappa shape index (κ2) is 6.33. The van der Waals surface area contributed by atoms with Crippen molar-refractivity contribution in [2.24, 2.45) is 0 Å². The van der Waals surface area contributed by atoms with Gasteiger partial charge >= 0.3 is 0 Å². The number of anilines is 1. The molecule has 0 aliphatic heterocycles. The molecule has 84 valence electrons. The summed E-state index contributed by atoms with van der Waals surface area (Å²) < 4.78 is 0.829. The van der Waals surface area contributed by atoms with Gasteiger partial charge in [0.15, 0.2) is 0 Å². The summed E-state index contributed by atoms with van der Waals surface area (Å²) in [6.45, 7) is 5.07. The van der Waals surface area contributed by atoms with Crippen LogP contribution in [0.25, 0.3) is 0 Å². The lowest BCUT2D eigenvalue weighted by molar-refractivity contribution is 0.847. The number of thioether (sulfide) groups is 1. The van der Waals surface area contributed by atoms with Crippen LogP contribution in [0.3, 0.4) is 0 Å². The lowest BCUT2D eigenvalue weighted by Crippen LogP contribution is -2.09. The zero-order valence-electron chi connectivity index (χ0n) is 9.25. The van der Waals surface area contributed by atoms with Crippen molar-refractivity contribution < 1.29 is 0 Å². The Balaban J connectivity index is 2.43. The van der Waals surface area contributed by atoms with E-state index in [0.717, 1.165) is 29.2 Å². The van der Waals surface area contributed by atoms with Crippen LogP contribution in [0.15, 0.2) is 10.7 Å². The van der Waals surface area contributed by atoms with E-state index in [0.29, 0.717) is 5.25 Å². The van der Waals surface area contributed by atoms with Crippen molar-refractivity contribution in [3.05, 3.63) is 16.5 Å². The van der Waals surface area contributed by atoms with Gasteiger partial charge in [-0.3, -0.25) is 0 Å². The molecule has 1 atom stereocenters. The fraction of sp³-hybridized carbons (Fsp3) is 0.600. The summed E-state index contributed by atoms with van der Waals surface area (Å²) in [5.74, 6) is 1.67. The van der Waals surface area contributed by atoms with E-state index in [1.807, 2.05) is 24.8 Å². The van der Waals surface area contributed by atoms with Crippen molar-refractivity contribution in [3.8, 4) is 0 Å². The van der Waals surface area contributed by atoms with E-state index in [-0.39, 0.29) is 0 Å². The Morgan fingerprint density at radius 3 is 2.87 bits per heavy atom. The van der Waals surface area contributed by atoms with Gasteiger partial charge in [-0.1, -0.05) is 6.92 Å². The molecule has 0 spiro atoms. The smallest absolute Gasteiger partial charge is 0.130 e. The normalized spacial score (nSPS) is 12.5. The Bertz CT molecular complexity index is 299. The number of hydrogen-bond acceptors (Lipinski definition) is 4.